The highest BCUT2D eigenvalue weighted by atomic mass is 16.2. The van der Waals surface area contributed by atoms with Gasteiger partial charge in [-0.15, -0.1) is 0 Å². The average molecular weight is 325 g/mol. The van der Waals surface area contributed by atoms with Crippen molar-refractivity contribution in [2.24, 2.45) is 0 Å². The zero-order chi connectivity index (χ0) is 17.1. The Bertz CT molecular complexity index is 783. The van der Waals surface area contributed by atoms with Gasteiger partial charge in [-0.3, -0.25) is 4.79 Å². The number of nitrogens with one attached hydrogen (secondary N) is 2. The van der Waals surface area contributed by atoms with Crippen LogP contribution in [0.1, 0.15) is 41.3 Å². The van der Waals surface area contributed by atoms with Crippen molar-refractivity contribution in [1.29, 1.82) is 0 Å². The molecule has 3 rings (SSSR count). The van der Waals surface area contributed by atoms with Crippen molar-refractivity contribution < 1.29 is 4.79 Å². The number of aromatic nitrogens is 1. The number of carbonyl (C=O) groups excluding carboxylic acids is 1. The van der Waals surface area contributed by atoms with E-state index in [-0.39, 0.29) is 24.2 Å². The van der Waals surface area contributed by atoms with Gasteiger partial charge in [0.1, 0.15) is 0 Å². The highest BCUT2D eigenvalue weighted by molar-refractivity contribution is 5.75. The average Bonchev–Trinajstić information content (AvgIpc) is 3.04. The Morgan fingerprint density at radius 1 is 1.29 bits per heavy atom. The number of H-pyrrole nitrogens is 1. The predicted molar refractivity (Wildman–Crippen MR) is 93.9 cm³/mol. The molecule has 0 spiro atoms. The second kappa shape index (κ2) is 6.91. The first-order valence-electron chi connectivity index (χ1n) is 8.35. The van der Waals surface area contributed by atoms with Crippen LogP contribution in [-0.4, -0.2) is 22.5 Å². The van der Waals surface area contributed by atoms with Gasteiger partial charge < -0.3 is 15.2 Å². The van der Waals surface area contributed by atoms with E-state index in [0.29, 0.717) is 5.56 Å². The summed E-state index contributed by atoms with van der Waals surface area (Å²) in [5.41, 5.74) is 3.38. The van der Waals surface area contributed by atoms with Crippen molar-refractivity contribution in [1.82, 2.24) is 15.2 Å². The van der Waals surface area contributed by atoms with Crippen LogP contribution in [0.4, 0.5) is 4.79 Å². The van der Waals surface area contributed by atoms with Crippen LogP contribution in [0.3, 0.4) is 0 Å². The number of hydrogen-bond donors (Lipinski definition) is 2. The maximum atomic E-state index is 12.6. The molecule has 2 heterocycles. The fraction of sp³-hybridized carbons (Fsp3) is 0.368. The van der Waals surface area contributed by atoms with Gasteiger partial charge in [-0.2, -0.15) is 0 Å². The maximum absolute atomic E-state index is 12.6. The van der Waals surface area contributed by atoms with Gasteiger partial charge in [0.25, 0.3) is 5.56 Å². The Morgan fingerprint density at radius 2 is 2.04 bits per heavy atom. The lowest BCUT2D eigenvalue weighted by Gasteiger charge is -2.25. The first kappa shape index (κ1) is 16.3. The molecule has 126 valence electrons. The number of urea groups is 1. The molecule has 2 N–H and O–H groups in total. The summed E-state index contributed by atoms with van der Waals surface area (Å²) in [4.78, 5) is 29.3. The van der Waals surface area contributed by atoms with E-state index in [1.54, 1.807) is 0 Å². The molecule has 1 aliphatic rings. The highest BCUT2D eigenvalue weighted by Crippen LogP contribution is 2.31. The zero-order valence-corrected chi connectivity index (χ0v) is 14.1. The molecule has 2 amide bonds. The normalized spacial score (nSPS) is 17.1. The standard InChI is InChI=1S/C19H23N3O2/c1-13-11-14(2)21-18(23)16(13)12-20-19(24)22-10-6-9-17(22)15-7-4-3-5-8-15/h3-5,7-8,11,17H,6,9-10,12H2,1-2H3,(H,20,24)(H,21,23). The minimum Gasteiger partial charge on any atom is -0.334 e. The molecule has 1 aromatic heterocycles. The van der Waals surface area contributed by atoms with Gasteiger partial charge in [-0.1, -0.05) is 30.3 Å². The molecule has 1 aliphatic heterocycles. The van der Waals surface area contributed by atoms with E-state index in [0.717, 1.165) is 36.2 Å². The number of aryl methyl sites for hydroxylation is 2. The molecule has 5 heteroatoms. The summed E-state index contributed by atoms with van der Waals surface area (Å²) in [6, 6.07) is 12.0. The van der Waals surface area contributed by atoms with Crippen LogP contribution in [0, 0.1) is 13.8 Å². The van der Waals surface area contributed by atoms with Gasteiger partial charge in [0, 0.05) is 17.8 Å². The van der Waals surface area contributed by atoms with E-state index in [1.807, 2.05) is 43.0 Å². The van der Waals surface area contributed by atoms with E-state index in [9.17, 15) is 9.59 Å². The zero-order valence-electron chi connectivity index (χ0n) is 14.1. The van der Waals surface area contributed by atoms with E-state index < -0.39 is 0 Å². The third kappa shape index (κ3) is 3.35. The van der Waals surface area contributed by atoms with E-state index >= 15 is 0 Å². The van der Waals surface area contributed by atoms with Crippen LogP contribution in [0.25, 0.3) is 0 Å². The van der Waals surface area contributed by atoms with Crippen molar-refractivity contribution in [3.63, 3.8) is 0 Å². The number of aromatic amines is 1. The van der Waals surface area contributed by atoms with E-state index in [1.165, 1.54) is 0 Å². The third-order valence-corrected chi connectivity index (χ3v) is 4.61. The fourth-order valence-electron chi connectivity index (χ4n) is 3.40. The lowest BCUT2D eigenvalue weighted by molar-refractivity contribution is 0.192. The fourth-order valence-corrected chi connectivity index (χ4v) is 3.40. The van der Waals surface area contributed by atoms with Gasteiger partial charge >= 0.3 is 6.03 Å². The molecular formula is C19H23N3O2. The molecule has 0 radical (unpaired) electrons. The van der Waals surface area contributed by atoms with Gasteiger partial charge in [0.2, 0.25) is 0 Å². The monoisotopic (exact) mass is 325 g/mol. The van der Waals surface area contributed by atoms with Gasteiger partial charge in [-0.25, -0.2) is 4.79 Å². The molecule has 2 aromatic rings. The molecule has 0 saturated carbocycles. The molecular weight excluding hydrogens is 302 g/mol. The second-order valence-corrected chi connectivity index (χ2v) is 6.36. The lowest BCUT2D eigenvalue weighted by atomic mass is 10.1. The summed E-state index contributed by atoms with van der Waals surface area (Å²) in [5, 5.41) is 2.91. The summed E-state index contributed by atoms with van der Waals surface area (Å²) < 4.78 is 0. The van der Waals surface area contributed by atoms with Crippen LogP contribution >= 0.6 is 0 Å². The molecule has 1 fully saturated rings. The summed E-state index contributed by atoms with van der Waals surface area (Å²) in [5.74, 6) is 0. The Morgan fingerprint density at radius 3 is 2.75 bits per heavy atom. The van der Waals surface area contributed by atoms with Gasteiger partial charge in [-0.05, 0) is 43.9 Å². The van der Waals surface area contributed by atoms with Crippen molar-refractivity contribution in [3.05, 3.63) is 69.1 Å². The molecule has 1 atom stereocenters. The van der Waals surface area contributed by atoms with Gasteiger partial charge in [0.05, 0.1) is 12.6 Å². The van der Waals surface area contributed by atoms with Crippen molar-refractivity contribution in [2.45, 2.75) is 39.3 Å². The number of likely N-dealkylation sites (tertiary alicyclic amines) is 1. The van der Waals surface area contributed by atoms with Crippen LogP contribution < -0.4 is 10.9 Å². The summed E-state index contributed by atoms with van der Waals surface area (Å²) in [6.45, 7) is 4.74. The minimum absolute atomic E-state index is 0.110. The van der Waals surface area contributed by atoms with Crippen LogP contribution in [0.15, 0.2) is 41.2 Å². The van der Waals surface area contributed by atoms with Gasteiger partial charge in [0.15, 0.2) is 0 Å². The van der Waals surface area contributed by atoms with E-state index in [4.69, 9.17) is 0 Å². The lowest BCUT2D eigenvalue weighted by Crippen LogP contribution is -2.40. The molecule has 0 aliphatic carbocycles. The number of pyridine rings is 1. The maximum Gasteiger partial charge on any atom is 0.318 e. The first-order chi connectivity index (χ1) is 11.6. The minimum atomic E-state index is -0.131. The first-order valence-corrected chi connectivity index (χ1v) is 8.35. The largest absolute Gasteiger partial charge is 0.334 e. The molecule has 1 unspecified atom stereocenters. The topological polar surface area (TPSA) is 65.2 Å². The predicted octanol–water partition coefficient (Wildman–Crippen LogP) is 3.04. The van der Waals surface area contributed by atoms with E-state index in [2.05, 4.69) is 22.4 Å². The van der Waals surface area contributed by atoms with Crippen molar-refractivity contribution in [3.8, 4) is 0 Å². The Labute approximate surface area is 141 Å². The Kier molecular flexibility index (Phi) is 4.69. The molecule has 1 saturated heterocycles. The summed E-state index contributed by atoms with van der Waals surface area (Å²) in [7, 11) is 0. The van der Waals surface area contributed by atoms with Crippen LogP contribution in [0.2, 0.25) is 0 Å². The molecule has 1 aromatic carbocycles. The second-order valence-electron chi connectivity index (χ2n) is 6.36. The Balaban J connectivity index is 1.70. The number of rotatable bonds is 3. The molecule has 24 heavy (non-hydrogen) atoms. The quantitative estimate of drug-likeness (QED) is 0.911. The highest BCUT2D eigenvalue weighted by Gasteiger charge is 2.29. The number of nitrogens with zero attached hydrogens (tertiary/aromatic N) is 1. The number of benzene rings is 1. The summed E-state index contributed by atoms with van der Waals surface area (Å²) >= 11 is 0. The summed E-state index contributed by atoms with van der Waals surface area (Å²) in [6.07, 6.45) is 1.97. The molecule has 0 bridgehead atoms. The number of carbonyl (C=O) groups is 1. The van der Waals surface area contributed by atoms with Crippen LogP contribution in [-0.2, 0) is 6.54 Å². The third-order valence-electron chi connectivity index (χ3n) is 4.61. The van der Waals surface area contributed by atoms with Crippen LogP contribution in [0.5, 0.6) is 0 Å². The smallest absolute Gasteiger partial charge is 0.318 e. The SMILES string of the molecule is Cc1cc(C)c(CNC(=O)N2CCCC2c2ccccc2)c(=O)[nH]1. The molecule has 5 nitrogen and oxygen atoms in total. The van der Waals surface area contributed by atoms with Crippen molar-refractivity contribution >= 4 is 6.03 Å². The van der Waals surface area contributed by atoms with Crippen molar-refractivity contribution in [2.75, 3.05) is 6.54 Å². The number of hydrogen-bond acceptors (Lipinski definition) is 2. The number of amides is 2. The Hall–Kier alpha value is -2.56.